The quantitative estimate of drug-likeness (QED) is 0.287. The molecule has 0 saturated heterocycles. The first-order chi connectivity index (χ1) is 14.7. The van der Waals surface area contributed by atoms with Gasteiger partial charge in [-0.2, -0.15) is 29.0 Å². The second-order valence-electron chi connectivity index (χ2n) is 5.62. The van der Waals surface area contributed by atoms with E-state index in [0.29, 0.717) is 12.1 Å². The van der Waals surface area contributed by atoms with Crippen molar-refractivity contribution in [3.05, 3.63) is 56.3 Å². The van der Waals surface area contributed by atoms with Crippen molar-refractivity contribution in [3.8, 4) is 18.2 Å². The molecule has 1 aliphatic heterocycles. The molecule has 154 valence electrons. The molecule has 0 radical (unpaired) electrons. The average Bonchev–Trinajstić information content (AvgIpc) is 3.13. The summed E-state index contributed by atoms with van der Waals surface area (Å²) in [6.07, 6.45) is -4.86. The van der Waals surface area contributed by atoms with Gasteiger partial charge in [0.1, 0.15) is 40.7 Å². The van der Waals surface area contributed by atoms with E-state index in [1.165, 1.54) is 0 Å². The van der Waals surface area contributed by atoms with E-state index in [0.717, 1.165) is 29.6 Å². The summed E-state index contributed by atoms with van der Waals surface area (Å²) < 4.78 is 56.5. The van der Waals surface area contributed by atoms with Crippen molar-refractivity contribution in [3.63, 3.8) is 0 Å². The Morgan fingerprint density at radius 2 is 1.65 bits per heavy atom. The topological polar surface area (TPSA) is 123 Å². The number of carbonyl (C=O) groups excluding carboxylic acids is 1. The molecule has 7 nitrogen and oxygen atoms in total. The number of carbonyl (C=O) groups is 1. The maximum atomic E-state index is 13.6. The van der Waals surface area contributed by atoms with Gasteiger partial charge in [-0.3, -0.25) is 0 Å². The van der Waals surface area contributed by atoms with E-state index in [1.807, 2.05) is 0 Å². The number of benzene rings is 1. The summed E-state index contributed by atoms with van der Waals surface area (Å²) in [4.78, 5) is 20.2. The van der Waals surface area contributed by atoms with Crippen molar-refractivity contribution in [2.24, 2.45) is 0 Å². The molecule has 2 heterocycles. The third-order valence-corrected chi connectivity index (χ3v) is 6.02. The molecule has 0 unspecified atom stereocenters. The van der Waals surface area contributed by atoms with Crippen LogP contribution in [0.3, 0.4) is 0 Å². The van der Waals surface area contributed by atoms with Gasteiger partial charge in [0, 0.05) is 0 Å². The second kappa shape index (κ2) is 8.64. The molecule has 0 amide bonds. The van der Waals surface area contributed by atoms with E-state index < -0.39 is 35.7 Å². The number of aromatic nitrogens is 2. The molecule has 1 aromatic heterocycles. The average molecular weight is 463 g/mol. The van der Waals surface area contributed by atoms with Gasteiger partial charge in [0.15, 0.2) is 17.0 Å². The lowest BCUT2D eigenvalue weighted by Crippen LogP contribution is -2.10. The third-order valence-electron chi connectivity index (χ3n) is 3.65. The van der Waals surface area contributed by atoms with Gasteiger partial charge in [0.25, 0.3) is 0 Å². The normalized spacial score (nSPS) is 12.4. The van der Waals surface area contributed by atoms with E-state index in [2.05, 4.69) is 9.97 Å². The van der Waals surface area contributed by atoms with Crippen LogP contribution in [0.5, 0.6) is 0 Å². The van der Waals surface area contributed by atoms with Gasteiger partial charge in [-0.25, -0.2) is 19.2 Å². The van der Waals surface area contributed by atoms with Crippen LogP contribution in [-0.4, -0.2) is 15.9 Å². The Morgan fingerprint density at radius 1 is 1.06 bits per heavy atom. The minimum Gasteiger partial charge on any atom is -0.457 e. The van der Waals surface area contributed by atoms with E-state index >= 15 is 0 Å². The van der Waals surface area contributed by atoms with Gasteiger partial charge in [-0.05, 0) is 17.7 Å². The zero-order valence-electron chi connectivity index (χ0n) is 14.8. The van der Waals surface area contributed by atoms with E-state index in [-0.39, 0.29) is 31.2 Å². The number of thioether (sulfide) groups is 2. The van der Waals surface area contributed by atoms with Crippen molar-refractivity contribution in [1.29, 1.82) is 15.8 Å². The summed E-state index contributed by atoms with van der Waals surface area (Å²) in [6.45, 7) is -0.567. The van der Waals surface area contributed by atoms with Crippen molar-refractivity contribution < 1.29 is 27.1 Å². The van der Waals surface area contributed by atoms with Crippen LogP contribution in [0.4, 0.5) is 17.6 Å². The summed E-state index contributed by atoms with van der Waals surface area (Å²) in [5.74, 6) is -2.61. The number of hydrogen-bond acceptors (Lipinski definition) is 9. The molecule has 0 bridgehead atoms. The minimum absolute atomic E-state index is 0.0446. The first-order valence-electron chi connectivity index (χ1n) is 7.93. The van der Waals surface area contributed by atoms with Gasteiger partial charge in [-0.1, -0.05) is 29.6 Å². The van der Waals surface area contributed by atoms with E-state index in [4.69, 9.17) is 15.3 Å². The molecule has 0 fully saturated rings. The maximum absolute atomic E-state index is 13.6. The minimum atomic E-state index is -4.86. The molecule has 0 spiro atoms. The van der Waals surface area contributed by atoms with Crippen molar-refractivity contribution in [2.45, 2.75) is 22.8 Å². The fraction of sp³-hybridized carbons (Fsp3) is 0.111. The molecule has 31 heavy (non-hydrogen) atoms. The summed E-state index contributed by atoms with van der Waals surface area (Å²) >= 11 is 1.75. The Hall–Kier alpha value is -3.60. The Kier molecular flexibility index (Phi) is 6.16. The number of rotatable bonds is 3. The fourth-order valence-electron chi connectivity index (χ4n) is 2.27. The highest BCUT2D eigenvalue weighted by molar-refractivity contribution is 8.24. The lowest BCUT2D eigenvalue weighted by Gasteiger charge is -2.10. The fourth-order valence-corrected chi connectivity index (χ4v) is 4.51. The summed E-state index contributed by atoms with van der Waals surface area (Å²) in [7, 11) is 0. The predicted octanol–water partition coefficient (Wildman–Crippen LogP) is 4.05. The number of nitrogens with zero attached hydrogens (tertiary/aromatic N) is 5. The van der Waals surface area contributed by atoms with Gasteiger partial charge in [0.2, 0.25) is 0 Å². The van der Waals surface area contributed by atoms with Crippen molar-refractivity contribution in [1.82, 2.24) is 9.97 Å². The largest absolute Gasteiger partial charge is 0.457 e. The molecule has 13 heteroatoms. The number of fused-ring (bicyclic) bond motifs is 1. The predicted molar refractivity (Wildman–Crippen MR) is 97.0 cm³/mol. The number of alkyl halides is 3. The molecular weight excluding hydrogens is 458 g/mol. The second-order valence-corrected chi connectivity index (χ2v) is 7.88. The number of esters is 1. The van der Waals surface area contributed by atoms with E-state index in [9.17, 15) is 27.6 Å². The molecule has 0 N–H and O–H groups in total. The zero-order valence-corrected chi connectivity index (χ0v) is 16.5. The highest BCUT2D eigenvalue weighted by Gasteiger charge is 2.34. The van der Waals surface area contributed by atoms with E-state index in [1.54, 1.807) is 18.2 Å². The smallest absolute Gasteiger partial charge is 0.419 e. The number of halogens is 4. The number of ether oxygens (including phenoxy) is 1. The Morgan fingerprint density at radius 3 is 2.10 bits per heavy atom. The molecule has 2 aromatic rings. The molecule has 1 aromatic carbocycles. The first kappa shape index (κ1) is 22.1. The zero-order chi connectivity index (χ0) is 22.8. The Labute approximate surface area is 180 Å². The maximum Gasteiger partial charge on any atom is 0.419 e. The van der Waals surface area contributed by atoms with Gasteiger partial charge >= 0.3 is 12.1 Å². The Balaban J connectivity index is 1.78. The lowest BCUT2D eigenvalue weighted by molar-refractivity contribution is -0.141. The van der Waals surface area contributed by atoms with Gasteiger partial charge in [0.05, 0.1) is 9.80 Å². The summed E-state index contributed by atoms with van der Waals surface area (Å²) in [5.41, 5.74) is -2.34. The van der Waals surface area contributed by atoms with Crippen LogP contribution in [0, 0.1) is 39.8 Å². The van der Waals surface area contributed by atoms with Crippen LogP contribution in [0.2, 0.25) is 0 Å². The molecule has 1 aliphatic rings. The first-order valence-corrected chi connectivity index (χ1v) is 9.56. The molecule has 0 saturated carbocycles. The van der Waals surface area contributed by atoms with Crippen LogP contribution in [0.1, 0.15) is 22.5 Å². The highest BCUT2D eigenvalue weighted by atomic mass is 32.2. The lowest BCUT2D eigenvalue weighted by atomic mass is 10.1. The highest BCUT2D eigenvalue weighted by Crippen LogP contribution is 2.50. The van der Waals surface area contributed by atoms with Crippen LogP contribution >= 0.6 is 23.5 Å². The van der Waals surface area contributed by atoms with Crippen molar-refractivity contribution >= 4 is 29.5 Å². The van der Waals surface area contributed by atoms with Crippen LogP contribution in [0.25, 0.3) is 0 Å². The third kappa shape index (κ3) is 4.61. The van der Waals surface area contributed by atoms with Crippen LogP contribution < -0.4 is 0 Å². The van der Waals surface area contributed by atoms with Gasteiger partial charge in [-0.15, -0.1) is 0 Å². The summed E-state index contributed by atoms with van der Waals surface area (Å²) in [5, 5.41) is 27.8. The molecule has 3 rings (SSSR count). The monoisotopic (exact) mass is 463 g/mol. The van der Waals surface area contributed by atoms with Crippen LogP contribution in [0.15, 0.2) is 38.1 Å². The van der Waals surface area contributed by atoms with Crippen LogP contribution in [-0.2, 0) is 22.3 Å². The van der Waals surface area contributed by atoms with Gasteiger partial charge < -0.3 is 4.74 Å². The number of hydrogen-bond donors (Lipinski definition) is 0. The molecule has 0 atom stereocenters. The molecular formula is C18H5F4N5O2S2. The Bertz CT molecular complexity index is 1210. The molecule has 0 aliphatic carbocycles. The van der Waals surface area contributed by atoms with Crippen molar-refractivity contribution in [2.75, 3.05) is 0 Å². The standard InChI is InChI=1S/C18H5F4N5O2S2/c19-11-3-8(1-2-10(11)18(20,21)22)7-29-16(28)9(4-23)17-30-14-15(31-17)27-13(6-25)12(5-24)26-14/h1-3H,7H2. The summed E-state index contributed by atoms with van der Waals surface area (Å²) in [6, 6.07) is 7.18. The SMILES string of the molecule is N#CC(C(=O)OCc1ccc(C(F)(F)F)c(F)c1)=C1Sc2nc(C#N)c(C#N)nc2S1. The number of nitriles is 3.